The number of aromatic nitrogens is 1. The minimum absolute atomic E-state index is 0.214. The van der Waals surface area contributed by atoms with Gasteiger partial charge < -0.3 is 4.57 Å². The van der Waals surface area contributed by atoms with Crippen molar-refractivity contribution >= 4 is 53.3 Å². The Hall–Kier alpha value is -3.95. The first-order chi connectivity index (χ1) is 17.1. The Kier molecular flexibility index (Phi) is 4.39. The van der Waals surface area contributed by atoms with E-state index in [1.807, 2.05) is 17.4 Å². The Morgan fingerprint density at radius 2 is 1.31 bits per heavy atom. The fourth-order valence-electron chi connectivity index (χ4n) is 5.59. The van der Waals surface area contributed by atoms with Crippen molar-refractivity contribution in [3.63, 3.8) is 0 Å². The molecule has 0 fully saturated rings. The number of rotatable bonds is 2. The number of thiophene rings is 1. The molecule has 0 aliphatic heterocycles. The summed E-state index contributed by atoms with van der Waals surface area (Å²) in [5.74, 6) is -0.214. The van der Waals surface area contributed by atoms with E-state index in [2.05, 4.69) is 97.3 Å². The van der Waals surface area contributed by atoms with Gasteiger partial charge in [0.15, 0.2) is 0 Å². The molecule has 0 unspecified atom stereocenters. The fraction of sp³-hybridized carbons (Fsp3) is 0.0625. The fourth-order valence-corrected chi connectivity index (χ4v) is 6.80. The van der Waals surface area contributed by atoms with Crippen LogP contribution in [0.1, 0.15) is 11.1 Å². The molecule has 3 heteroatoms. The number of aryl methyl sites for hydroxylation is 2. The van der Waals surface area contributed by atoms with E-state index in [-0.39, 0.29) is 5.82 Å². The summed E-state index contributed by atoms with van der Waals surface area (Å²) in [6.07, 6.45) is 0. The molecule has 0 saturated carbocycles. The topological polar surface area (TPSA) is 4.93 Å². The first kappa shape index (κ1) is 20.4. The summed E-state index contributed by atoms with van der Waals surface area (Å²) in [4.78, 5) is 0. The summed E-state index contributed by atoms with van der Waals surface area (Å²) in [5.41, 5.74) is 8.14. The van der Waals surface area contributed by atoms with E-state index in [0.29, 0.717) is 0 Å². The molecule has 1 nitrogen and oxygen atoms in total. The quantitative estimate of drug-likeness (QED) is 0.236. The molecule has 7 rings (SSSR count). The second-order valence-electron chi connectivity index (χ2n) is 9.25. The minimum Gasteiger partial charge on any atom is -0.308 e. The Morgan fingerprint density at radius 1 is 0.629 bits per heavy atom. The SMILES string of the molecule is Cc1cccc(C)c1-c1ccc2c(c1)c1cc(F)ccc1n2-c1cccc2c1sc1ccccc12. The van der Waals surface area contributed by atoms with E-state index in [0.717, 1.165) is 33.1 Å². The number of nitrogens with zero attached hydrogens (tertiary/aromatic N) is 1. The van der Waals surface area contributed by atoms with Crippen LogP contribution in [0.5, 0.6) is 0 Å². The monoisotopic (exact) mass is 471 g/mol. The van der Waals surface area contributed by atoms with Gasteiger partial charge in [0.25, 0.3) is 0 Å². The maximum Gasteiger partial charge on any atom is 0.123 e. The second-order valence-corrected chi connectivity index (χ2v) is 10.3. The van der Waals surface area contributed by atoms with Gasteiger partial charge >= 0.3 is 0 Å². The minimum atomic E-state index is -0.214. The van der Waals surface area contributed by atoms with Gasteiger partial charge in [-0.2, -0.15) is 0 Å². The summed E-state index contributed by atoms with van der Waals surface area (Å²) >= 11 is 1.82. The lowest BCUT2D eigenvalue weighted by molar-refractivity contribution is 0.629. The predicted molar refractivity (Wildman–Crippen MR) is 149 cm³/mol. The number of benzene rings is 5. The zero-order valence-corrected chi connectivity index (χ0v) is 20.3. The first-order valence-corrected chi connectivity index (χ1v) is 12.6. The Morgan fingerprint density at radius 3 is 2.14 bits per heavy atom. The zero-order chi connectivity index (χ0) is 23.7. The third kappa shape index (κ3) is 2.98. The van der Waals surface area contributed by atoms with Crippen molar-refractivity contribution in [2.45, 2.75) is 13.8 Å². The molecule has 35 heavy (non-hydrogen) atoms. The molecule has 5 aromatic carbocycles. The van der Waals surface area contributed by atoms with E-state index >= 15 is 0 Å². The highest BCUT2D eigenvalue weighted by Crippen LogP contribution is 2.42. The van der Waals surface area contributed by atoms with Crippen molar-refractivity contribution < 1.29 is 4.39 Å². The van der Waals surface area contributed by atoms with Gasteiger partial charge in [0, 0.05) is 26.2 Å². The first-order valence-electron chi connectivity index (χ1n) is 11.8. The van der Waals surface area contributed by atoms with Gasteiger partial charge in [-0.25, -0.2) is 4.39 Å². The third-order valence-electron chi connectivity index (χ3n) is 7.12. The van der Waals surface area contributed by atoms with Crippen LogP contribution in [0.2, 0.25) is 0 Å². The van der Waals surface area contributed by atoms with Crippen LogP contribution in [0.3, 0.4) is 0 Å². The highest BCUT2D eigenvalue weighted by atomic mass is 32.1. The van der Waals surface area contributed by atoms with Crippen LogP contribution in [0.25, 0.3) is 58.8 Å². The second kappa shape index (κ2) is 7.53. The normalized spacial score (nSPS) is 11.9. The lowest BCUT2D eigenvalue weighted by Crippen LogP contribution is -1.94. The molecule has 0 atom stereocenters. The van der Waals surface area contributed by atoms with Crippen LogP contribution in [0.4, 0.5) is 4.39 Å². The van der Waals surface area contributed by atoms with Gasteiger partial charge in [-0.05, 0) is 78.6 Å². The maximum atomic E-state index is 14.5. The number of fused-ring (bicyclic) bond motifs is 6. The van der Waals surface area contributed by atoms with Gasteiger partial charge in [0.1, 0.15) is 5.82 Å². The molecule has 168 valence electrons. The Balaban J connectivity index is 1.59. The van der Waals surface area contributed by atoms with Crippen molar-refractivity contribution in [1.29, 1.82) is 0 Å². The van der Waals surface area contributed by atoms with Gasteiger partial charge in [-0.1, -0.05) is 54.6 Å². The van der Waals surface area contributed by atoms with Crippen molar-refractivity contribution in [3.05, 3.63) is 114 Å². The molecule has 0 N–H and O–H groups in total. The molecular formula is C32H22FNS. The van der Waals surface area contributed by atoms with Crippen LogP contribution in [-0.2, 0) is 0 Å². The molecule has 0 spiro atoms. The third-order valence-corrected chi connectivity index (χ3v) is 8.33. The molecule has 0 saturated heterocycles. The summed E-state index contributed by atoms with van der Waals surface area (Å²) in [7, 11) is 0. The number of hydrogen-bond donors (Lipinski definition) is 0. The lowest BCUT2D eigenvalue weighted by atomic mass is 9.95. The molecule has 0 aliphatic rings. The average Bonchev–Trinajstić information content (AvgIpc) is 3.39. The zero-order valence-electron chi connectivity index (χ0n) is 19.5. The number of halogens is 1. The average molecular weight is 472 g/mol. The van der Waals surface area contributed by atoms with Crippen LogP contribution in [0.15, 0.2) is 97.1 Å². The van der Waals surface area contributed by atoms with E-state index < -0.39 is 0 Å². The smallest absolute Gasteiger partial charge is 0.123 e. The van der Waals surface area contributed by atoms with E-state index in [4.69, 9.17) is 0 Å². The molecule has 2 aromatic heterocycles. The van der Waals surface area contributed by atoms with Gasteiger partial charge in [0.05, 0.1) is 21.4 Å². The van der Waals surface area contributed by atoms with Gasteiger partial charge in [-0.3, -0.25) is 0 Å². The molecule has 7 aromatic rings. The Bertz CT molecular complexity index is 1920. The van der Waals surface area contributed by atoms with Crippen LogP contribution < -0.4 is 0 Å². The predicted octanol–water partition coefficient (Wildman–Crippen LogP) is 9.57. The van der Waals surface area contributed by atoms with Crippen LogP contribution >= 0.6 is 11.3 Å². The molecule has 2 heterocycles. The molecule has 0 amide bonds. The van der Waals surface area contributed by atoms with Crippen molar-refractivity contribution in [1.82, 2.24) is 4.57 Å². The van der Waals surface area contributed by atoms with E-state index in [1.165, 1.54) is 36.9 Å². The van der Waals surface area contributed by atoms with Crippen LogP contribution in [0, 0.1) is 19.7 Å². The van der Waals surface area contributed by atoms with Crippen molar-refractivity contribution in [2.24, 2.45) is 0 Å². The largest absolute Gasteiger partial charge is 0.308 e. The summed E-state index contributed by atoms with van der Waals surface area (Å²) in [6, 6.07) is 33.2. The van der Waals surface area contributed by atoms with Crippen LogP contribution in [-0.4, -0.2) is 4.57 Å². The molecule has 0 bridgehead atoms. The summed E-state index contributed by atoms with van der Waals surface area (Å²) in [6.45, 7) is 4.30. The Labute approximate surface area is 206 Å². The summed E-state index contributed by atoms with van der Waals surface area (Å²) < 4.78 is 19.3. The lowest BCUT2D eigenvalue weighted by Gasteiger charge is -2.12. The van der Waals surface area contributed by atoms with E-state index in [1.54, 1.807) is 12.1 Å². The number of hydrogen-bond acceptors (Lipinski definition) is 1. The van der Waals surface area contributed by atoms with E-state index in [9.17, 15) is 4.39 Å². The van der Waals surface area contributed by atoms with Crippen molar-refractivity contribution in [3.8, 4) is 16.8 Å². The van der Waals surface area contributed by atoms with Gasteiger partial charge in [0.2, 0.25) is 0 Å². The molecular weight excluding hydrogens is 449 g/mol. The maximum absolute atomic E-state index is 14.5. The highest BCUT2D eigenvalue weighted by molar-refractivity contribution is 7.26. The standard InChI is InChI=1S/C32H22FNS/c1-19-7-5-8-20(2)31(19)21-13-15-27-25(17-21)26-18-22(33)14-16-28(26)34(27)29-11-6-10-24-23-9-3-4-12-30(23)35-32(24)29/h3-18H,1-2H3. The molecule has 0 radical (unpaired) electrons. The highest BCUT2D eigenvalue weighted by Gasteiger charge is 2.18. The summed E-state index contributed by atoms with van der Waals surface area (Å²) in [5, 5.41) is 4.54. The molecule has 0 aliphatic carbocycles. The van der Waals surface area contributed by atoms with Crippen molar-refractivity contribution in [2.75, 3.05) is 0 Å². The van der Waals surface area contributed by atoms with Gasteiger partial charge in [-0.15, -0.1) is 11.3 Å².